The first kappa shape index (κ1) is 18.4. The summed E-state index contributed by atoms with van der Waals surface area (Å²) in [4.78, 5) is 1.21. The standard InChI is InChI=1S/C12H19BrN2O2S2.ClH/c1-9-10(7-11(13)18-9)19(16,17)15-8-12(2)3-5-14-6-4-12;/h7,14-15H,3-6,8H2,1-2H3;1H. The zero-order chi connectivity index (χ0) is 14.1. The monoisotopic (exact) mass is 402 g/mol. The van der Waals surface area contributed by atoms with Gasteiger partial charge in [-0.25, -0.2) is 13.1 Å². The predicted octanol–water partition coefficient (Wildman–Crippen LogP) is 2.91. The second-order valence-corrected chi connectivity index (χ2v) is 9.73. The van der Waals surface area contributed by atoms with E-state index in [-0.39, 0.29) is 17.8 Å². The molecule has 20 heavy (non-hydrogen) atoms. The van der Waals surface area contributed by atoms with Gasteiger partial charge in [0.25, 0.3) is 0 Å². The van der Waals surface area contributed by atoms with Crippen LogP contribution < -0.4 is 10.0 Å². The molecule has 1 aromatic heterocycles. The number of thiophene rings is 1. The lowest BCUT2D eigenvalue weighted by atomic mass is 9.81. The molecule has 116 valence electrons. The number of rotatable bonds is 4. The Morgan fingerprint density at radius 1 is 1.45 bits per heavy atom. The molecule has 0 aliphatic carbocycles. The van der Waals surface area contributed by atoms with Gasteiger partial charge in [0.2, 0.25) is 10.0 Å². The smallest absolute Gasteiger partial charge is 0.241 e. The van der Waals surface area contributed by atoms with E-state index in [0.29, 0.717) is 11.4 Å². The molecule has 1 aromatic rings. The Hall–Kier alpha value is 0.340. The molecule has 0 unspecified atom stereocenters. The Bertz CT molecular complexity index is 554. The second kappa shape index (κ2) is 7.07. The summed E-state index contributed by atoms with van der Waals surface area (Å²) >= 11 is 4.78. The molecule has 0 spiro atoms. The lowest BCUT2D eigenvalue weighted by molar-refractivity contribution is 0.232. The summed E-state index contributed by atoms with van der Waals surface area (Å²) in [6.45, 7) is 6.40. The first-order valence-electron chi connectivity index (χ1n) is 6.29. The quantitative estimate of drug-likeness (QED) is 0.812. The topological polar surface area (TPSA) is 58.2 Å². The Kier molecular flexibility index (Phi) is 6.50. The molecule has 2 rings (SSSR count). The normalized spacial score (nSPS) is 18.6. The number of nitrogens with one attached hydrogen (secondary N) is 2. The molecule has 1 aliphatic heterocycles. The number of aryl methyl sites for hydroxylation is 1. The molecule has 0 atom stereocenters. The maximum atomic E-state index is 12.3. The average molecular weight is 404 g/mol. The predicted molar refractivity (Wildman–Crippen MR) is 89.4 cm³/mol. The fraction of sp³-hybridized carbons (Fsp3) is 0.667. The number of hydrogen-bond donors (Lipinski definition) is 2. The first-order chi connectivity index (χ1) is 8.82. The zero-order valence-electron chi connectivity index (χ0n) is 11.5. The second-order valence-electron chi connectivity index (χ2n) is 5.36. The molecule has 2 heterocycles. The van der Waals surface area contributed by atoms with Crippen molar-refractivity contribution in [3.63, 3.8) is 0 Å². The third-order valence-corrected chi connectivity index (χ3v) is 6.84. The van der Waals surface area contributed by atoms with Crippen molar-refractivity contribution >= 4 is 49.7 Å². The molecule has 0 radical (unpaired) electrons. The van der Waals surface area contributed by atoms with Gasteiger partial charge >= 0.3 is 0 Å². The van der Waals surface area contributed by atoms with E-state index in [0.717, 1.165) is 34.6 Å². The highest BCUT2D eigenvalue weighted by Crippen LogP contribution is 2.31. The van der Waals surface area contributed by atoms with E-state index < -0.39 is 10.0 Å². The van der Waals surface area contributed by atoms with Crippen LogP contribution in [-0.4, -0.2) is 28.1 Å². The lowest BCUT2D eigenvalue weighted by Crippen LogP contribution is -2.42. The first-order valence-corrected chi connectivity index (χ1v) is 9.38. The number of hydrogen-bond acceptors (Lipinski definition) is 4. The number of piperidine rings is 1. The van der Waals surface area contributed by atoms with Gasteiger partial charge in [0, 0.05) is 11.4 Å². The van der Waals surface area contributed by atoms with Crippen molar-refractivity contribution in [2.75, 3.05) is 19.6 Å². The van der Waals surface area contributed by atoms with Gasteiger partial charge in [-0.15, -0.1) is 23.7 Å². The molecule has 1 fully saturated rings. The van der Waals surface area contributed by atoms with Crippen LogP contribution in [0.15, 0.2) is 14.7 Å². The van der Waals surface area contributed by atoms with Crippen molar-refractivity contribution in [2.24, 2.45) is 5.41 Å². The highest BCUT2D eigenvalue weighted by atomic mass is 79.9. The van der Waals surface area contributed by atoms with Crippen molar-refractivity contribution in [1.29, 1.82) is 0 Å². The fourth-order valence-electron chi connectivity index (χ4n) is 2.25. The van der Waals surface area contributed by atoms with E-state index in [1.807, 2.05) is 6.92 Å². The number of halogens is 2. The van der Waals surface area contributed by atoms with Crippen LogP contribution in [0, 0.1) is 12.3 Å². The van der Waals surface area contributed by atoms with E-state index in [9.17, 15) is 8.42 Å². The third kappa shape index (κ3) is 4.42. The average Bonchev–Trinajstić information content (AvgIpc) is 2.68. The van der Waals surface area contributed by atoms with Crippen molar-refractivity contribution in [2.45, 2.75) is 31.6 Å². The third-order valence-electron chi connectivity index (χ3n) is 3.63. The molecule has 0 bridgehead atoms. The van der Waals surface area contributed by atoms with Crippen LogP contribution in [0.2, 0.25) is 0 Å². The molecule has 8 heteroatoms. The summed E-state index contributed by atoms with van der Waals surface area (Å²) in [5.41, 5.74) is 0.0550. The van der Waals surface area contributed by atoms with Crippen LogP contribution in [0.25, 0.3) is 0 Å². The minimum Gasteiger partial charge on any atom is -0.317 e. The molecular formula is C12H20BrClN2O2S2. The summed E-state index contributed by atoms with van der Waals surface area (Å²) in [6.07, 6.45) is 2.00. The van der Waals surface area contributed by atoms with Crippen LogP contribution in [0.4, 0.5) is 0 Å². The van der Waals surface area contributed by atoms with Gasteiger partial charge in [-0.3, -0.25) is 0 Å². The number of sulfonamides is 1. The summed E-state index contributed by atoms with van der Waals surface area (Å²) in [6, 6.07) is 1.67. The highest BCUT2D eigenvalue weighted by Gasteiger charge is 2.29. The Balaban J connectivity index is 0.00000200. The molecule has 0 aromatic carbocycles. The van der Waals surface area contributed by atoms with Gasteiger partial charge in [0.1, 0.15) is 0 Å². The van der Waals surface area contributed by atoms with Crippen LogP contribution >= 0.6 is 39.7 Å². The summed E-state index contributed by atoms with van der Waals surface area (Å²) in [5.74, 6) is 0. The van der Waals surface area contributed by atoms with Crippen molar-refractivity contribution in [3.8, 4) is 0 Å². The van der Waals surface area contributed by atoms with Gasteiger partial charge < -0.3 is 5.32 Å². The molecule has 4 nitrogen and oxygen atoms in total. The molecular weight excluding hydrogens is 384 g/mol. The van der Waals surface area contributed by atoms with E-state index in [1.165, 1.54) is 11.3 Å². The van der Waals surface area contributed by atoms with E-state index in [2.05, 4.69) is 32.9 Å². The van der Waals surface area contributed by atoms with Crippen molar-refractivity contribution < 1.29 is 8.42 Å². The van der Waals surface area contributed by atoms with Crippen molar-refractivity contribution in [1.82, 2.24) is 10.0 Å². The van der Waals surface area contributed by atoms with Gasteiger partial charge in [0.05, 0.1) is 8.68 Å². The zero-order valence-corrected chi connectivity index (χ0v) is 15.6. The summed E-state index contributed by atoms with van der Waals surface area (Å²) in [7, 11) is -3.40. The minimum atomic E-state index is -3.40. The van der Waals surface area contributed by atoms with Gasteiger partial charge in [-0.1, -0.05) is 6.92 Å². The van der Waals surface area contributed by atoms with Gasteiger partial charge in [-0.2, -0.15) is 0 Å². The lowest BCUT2D eigenvalue weighted by Gasteiger charge is -2.34. The molecule has 0 amide bonds. The Morgan fingerprint density at radius 2 is 2.05 bits per heavy atom. The van der Waals surface area contributed by atoms with E-state index >= 15 is 0 Å². The maximum Gasteiger partial charge on any atom is 0.241 e. The van der Waals surface area contributed by atoms with Crippen LogP contribution in [0.1, 0.15) is 24.6 Å². The van der Waals surface area contributed by atoms with Crippen LogP contribution in [-0.2, 0) is 10.0 Å². The molecule has 1 saturated heterocycles. The maximum absolute atomic E-state index is 12.3. The van der Waals surface area contributed by atoms with Gasteiger partial charge in [0.15, 0.2) is 0 Å². The highest BCUT2D eigenvalue weighted by molar-refractivity contribution is 9.11. The fourth-order valence-corrected chi connectivity index (χ4v) is 5.86. The summed E-state index contributed by atoms with van der Waals surface area (Å²) < 4.78 is 28.2. The largest absolute Gasteiger partial charge is 0.317 e. The Morgan fingerprint density at radius 3 is 2.55 bits per heavy atom. The van der Waals surface area contributed by atoms with Crippen LogP contribution in [0.3, 0.4) is 0 Å². The van der Waals surface area contributed by atoms with Crippen molar-refractivity contribution in [3.05, 3.63) is 14.7 Å². The molecule has 1 aliphatic rings. The minimum absolute atomic E-state index is 0. The van der Waals surface area contributed by atoms with E-state index in [1.54, 1.807) is 6.07 Å². The molecule has 2 N–H and O–H groups in total. The Labute approximate surface area is 139 Å². The molecule has 0 saturated carbocycles. The summed E-state index contributed by atoms with van der Waals surface area (Å²) in [5, 5.41) is 3.30. The van der Waals surface area contributed by atoms with E-state index in [4.69, 9.17) is 0 Å². The SMILES string of the molecule is Cc1sc(Br)cc1S(=O)(=O)NCC1(C)CCNCC1.Cl. The van der Waals surface area contributed by atoms with Gasteiger partial charge in [-0.05, 0) is 60.3 Å². The van der Waals surface area contributed by atoms with Crippen LogP contribution in [0.5, 0.6) is 0 Å².